The van der Waals surface area contributed by atoms with E-state index in [1.165, 1.54) is 11.1 Å². The average Bonchev–Trinajstić information content (AvgIpc) is 3.59. The lowest BCUT2D eigenvalue weighted by Crippen LogP contribution is -2.62. The number of carbonyl (C=O) groups excluding carboxylic acids is 3. The zero-order chi connectivity index (χ0) is 38.5. The number of methoxy groups -OCH3 is 2. The number of aryl methyl sites for hydroxylation is 2. The predicted molar refractivity (Wildman–Crippen MR) is 213 cm³/mol. The van der Waals surface area contributed by atoms with E-state index in [0.717, 1.165) is 83.6 Å². The summed E-state index contributed by atoms with van der Waals surface area (Å²) < 4.78 is 10.5. The standard InChI is InChI=1S/C22H26N2O2.C14H18N2O2.C8H10O/c1-5-7-18-19-8-6-11-22(19)21(25)24(20(18)15(3)23-22)13-16-9-10-17(26-4)12-14(16)2;1-10-6-13(18-3)5-4-12(10)9-16-8-11(2)15-7-14(16)17;1-2-3-4-5-6-7-8-9/h5,9-10,12,20H,1,6-8,11,13H2,2-4H3;4-6H,7-9H2,1-3H3;2,8H,1,3,6-7H2. The zero-order valence-electron chi connectivity index (χ0n) is 32.3. The Labute approximate surface area is 315 Å². The van der Waals surface area contributed by atoms with Gasteiger partial charge in [0.15, 0.2) is 5.54 Å². The van der Waals surface area contributed by atoms with Crippen LogP contribution in [-0.4, -0.2) is 78.2 Å². The van der Waals surface area contributed by atoms with E-state index in [9.17, 15) is 14.4 Å². The number of aldehydes is 1. The summed E-state index contributed by atoms with van der Waals surface area (Å²) in [6.07, 6.45) is 10.2. The number of unbranched alkanes of at least 4 members (excludes halogenated alkanes) is 1. The Hall–Kier alpha value is -5.23. The van der Waals surface area contributed by atoms with E-state index in [0.29, 0.717) is 32.5 Å². The number of nitrogens with zero attached hydrogens (tertiary/aromatic N) is 4. The van der Waals surface area contributed by atoms with E-state index in [2.05, 4.69) is 49.9 Å². The van der Waals surface area contributed by atoms with Gasteiger partial charge in [0.25, 0.3) is 5.91 Å². The van der Waals surface area contributed by atoms with Gasteiger partial charge in [0, 0.05) is 43.8 Å². The van der Waals surface area contributed by atoms with Gasteiger partial charge < -0.3 is 24.1 Å². The van der Waals surface area contributed by atoms with Crippen LogP contribution in [-0.2, 0) is 27.5 Å². The van der Waals surface area contributed by atoms with Crippen LogP contribution in [0.4, 0.5) is 0 Å². The first-order valence-electron chi connectivity index (χ1n) is 18.3. The van der Waals surface area contributed by atoms with Crippen molar-refractivity contribution in [1.82, 2.24) is 9.80 Å². The van der Waals surface area contributed by atoms with Gasteiger partial charge in [-0.05, 0) is 111 Å². The van der Waals surface area contributed by atoms with Crippen LogP contribution in [0, 0.1) is 25.7 Å². The van der Waals surface area contributed by atoms with Crippen molar-refractivity contribution in [1.29, 1.82) is 0 Å². The third-order valence-corrected chi connectivity index (χ3v) is 10.1. The number of aliphatic imine (C=N–C) groups is 2. The zero-order valence-corrected chi connectivity index (χ0v) is 32.3. The Kier molecular flexibility index (Phi) is 14.5. The first-order chi connectivity index (χ1) is 25.5. The number of ether oxygens (including phenoxy) is 2. The van der Waals surface area contributed by atoms with Crippen LogP contribution in [0.15, 0.2) is 82.8 Å². The lowest BCUT2D eigenvalue weighted by Gasteiger charge is -2.49. The molecule has 2 atom stereocenters. The topological polar surface area (TPSA) is 101 Å². The molecule has 0 saturated heterocycles. The minimum absolute atomic E-state index is 0.0167. The van der Waals surface area contributed by atoms with Crippen LogP contribution in [0.3, 0.4) is 0 Å². The van der Waals surface area contributed by atoms with Crippen LogP contribution < -0.4 is 9.47 Å². The van der Waals surface area contributed by atoms with Gasteiger partial charge in [-0.1, -0.05) is 30.2 Å². The predicted octanol–water partition coefficient (Wildman–Crippen LogP) is 7.34. The second-order valence-electron chi connectivity index (χ2n) is 13.7. The summed E-state index contributed by atoms with van der Waals surface area (Å²) in [5.41, 5.74) is 8.69. The molecular formula is C44H54N4O5. The molecule has 280 valence electrons. The third-order valence-electron chi connectivity index (χ3n) is 10.1. The van der Waals surface area contributed by atoms with Gasteiger partial charge in [-0.2, -0.15) is 0 Å². The van der Waals surface area contributed by atoms with Gasteiger partial charge in [0.1, 0.15) is 24.3 Å². The molecule has 4 aliphatic heterocycles. The van der Waals surface area contributed by atoms with Gasteiger partial charge in [0.2, 0.25) is 5.91 Å². The molecule has 2 unspecified atom stereocenters. The van der Waals surface area contributed by atoms with Crippen molar-refractivity contribution in [3.05, 3.63) is 95.1 Å². The maximum atomic E-state index is 13.5. The lowest BCUT2D eigenvalue weighted by molar-refractivity contribution is -0.138. The highest BCUT2D eigenvalue weighted by atomic mass is 16.5. The number of benzene rings is 2. The van der Waals surface area contributed by atoms with Crippen molar-refractivity contribution in [2.75, 3.05) is 27.3 Å². The van der Waals surface area contributed by atoms with E-state index in [4.69, 9.17) is 14.5 Å². The number of hydrogen-bond donors (Lipinski definition) is 0. The second-order valence-corrected chi connectivity index (χ2v) is 13.7. The number of fused-ring (bicyclic) bond motifs is 1. The van der Waals surface area contributed by atoms with Crippen molar-refractivity contribution >= 4 is 29.5 Å². The number of amides is 2. The van der Waals surface area contributed by atoms with Crippen molar-refractivity contribution in [2.45, 2.75) is 97.3 Å². The molecule has 2 aromatic rings. The molecule has 7 rings (SSSR count). The molecule has 0 N–H and O–H groups in total. The van der Waals surface area contributed by atoms with Crippen LogP contribution in [0.25, 0.3) is 0 Å². The first-order valence-corrected chi connectivity index (χ1v) is 18.3. The molecule has 0 radical (unpaired) electrons. The molecule has 5 aliphatic rings. The molecule has 2 amide bonds. The Morgan fingerprint density at radius 2 is 1.60 bits per heavy atom. The number of allylic oxidation sites excluding steroid dienone is 2. The van der Waals surface area contributed by atoms with Gasteiger partial charge in [-0.3, -0.25) is 19.6 Å². The maximum absolute atomic E-state index is 13.5. The van der Waals surface area contributed by atoms with Crippen molar-refractivity contribution in [2.24, 2.45) is 9.98 Å². The van der Waals surface area contributed by atoms with E-state index in [1.54, 1.807) is 20.3 Å². The maximum Gasteiger partial charge on any atom is 0.255 e. The van der Waals surface area contributed by atoms with Gasteiger partial charge in [-0.15, -0.1) is 19.1 Å². The molecule has 9 nitrogen and oxygen atoms in total. The fourth-order valence-corrected chi connectivity index (χ4v) is 7.37. The molecule has 1 spiro atoms. The average molecular weight is 719 g/mol. The molecule has 1 saturated carbocycles. The molecule has 1 aliphatic carbocycles. The third kappa shape index (κ3) is 9.61. The first kappa shape index (κ1) is 40.5. The molecule has 2 aromatic carbocycles. The molecule has 0 aromatic heterocycles. The smallest absolute Gasteiger partial charge is 0.255 e. The van der Waals surface area contributed by atoms with Crippen molar-refractivity contribution in [3.8, 4) is 23.3 Å². The summed E-state index contributed by atoms with van der Waals surface area (Å²) >= 11 is 0. The van der Waals surface area contributed by atoms with E-state index in [-0.39, 0.29) is 24.4 Å². The van der Waals surface area contributed by atoms with E-state index in [1.807, 2.05) is 60.1 Å². The SMILES string of the molecule is C=CCC#CCCC=O.C=CCC1=C2CCCC23N=C(C)C1N(Cc1ccc(OC)cc1C)C3=O.COc1ccc(CN2CC(C)=NCC2=O)c(C)c1. The molecular weight excluding hydrogens is 665 g/mol. The largest absolute Gasteiger partial charge is 0.497 e. The minimum Gasteiger partial charge on any atom is -0.497 e. The summed E-state index contributed by atoms with van der Waals surface area (Å²) in [6.45, 7) is 17.8. The Morgan fingerprint density at radius 3 is 2.19 bits per heavy atom. The summed E-state index contributed by atoms with van der Waals surface area (Å²) in [6, 6.07) is 12.0. The van der Waals surface area contributed by atoms with Crippen LogP contribution in [0.2, 0.25) is 0 Å². The second kappa shape index (κ2) is 19.0. The number of carbonyl (C=O) groups is 3. The quantitative estimate of drug-likeness (QED) is 0.105. The summed E-state index contributed by atoms with van der Waals surface area (Å²) in [4.78, 5) is 47.9. The lowest BCUT2D eigenvalue weighted by atomic mass is 9.75. The van der Waals surface area contributed by atoms with Crippen molar-refractivity contribution in [3.63, 3.8) is 0 Å². The molecule has 4 heterocycles. The van der Waals surface area contributed by atoms with E-state index >= 15 is 0 Å². The summed E-state index contributed by atoms with van der Waals surface area (Å²) in [7, 11) is 3.33. The van der Waals surface area contributed by atoms with Crippen LogP contribution >= 0.6 is 0 Å². The Morgan fingerprint density at radius 1 is 0.943 bits per heavy atom. The number of dihydropyridines is 1. The highest BCUT2D eigenvalue weighted by Gasteiger charge is 2.57. The molecule has 53 heavy (non-hydrogen) atoms. The normalized spacial score (nSPS) is 19.7. The fourth-order valence-electron chi connectivity index (χ4n) is 7.37. The van der Waals surface area contributed by atoms with Crippen LogP contribution in [0.5, 0.6) is 11.5 Å². The van der Waals surface area contributed by atoms with Gasteiger partial charge in [0.05, 0.1) is 26.8 Å². The minimum atomic E-state index is -0.627. The van der Waals surface area contributed by atoms with Crippen LogP contribution in [0.1, 0.15) is 81.0 Å². The Balaban J connectivity index is 0.000000201. The number of rotatable bonds is 11. The molecule has 9 heteroatoms. The monoisotopic (exact) mass is 718 g/mol. The summed E-state index contributed by atoms with van der Waals surface area (Å²) in [5.74, 6) is 7.65. The number of hydrogen-bond acceptors (Lipinski definition) is 7. The van der Waals surface area contributed by atoms with Gasteiger partial charge >= 0.3 is 0 Å². The highest BCUT2D eigenvalue weighted by molar-refractivity contribution is 6.07. The highest BCUT2D eigenvalue weighted by Crippen LogP contribution is 2.51. The fraction of sp³-hybridized carbons (Fsp3) is 0.432. The van der Waals surface area contributed by atoms with Gasteiger partial charge in [-0.25, -0.2) is 0 Å². The molecule has 1 fully saturated rings. The molecule has 2 bridgehead atoms. The summed E-state index contributed by atoms with van der Waals surface area (Å²) in [5, 5.41) is 0. The van der Waals surface area contributed by atoms with Crippen molar-refractivity contribution < 1.29 is 23.9 Å². The van der Waals surface area contributed by atoms with E-state index < -0.39 is 5.54 Å². The Bertz CT molecular complexity index is 1860.